The average molecular weight is 387 g/mol. The molecule has 0 aliphatic rings. The van der Waals surface area contributed by atoms with E-state index >= 15 is 0 Å². The molecule has 4 nitrogen and oxygen atoms in total. The highest BCUT2D eigenvalue weighted by molar-refractivity contribution is 9.10. The lowest BCUT2D eigenvalue weighted by atomic mass is 9.85. The molecule has 1 aromatic heterocycles. The van der Waals surface area contributed by atoms with Crippen LogP contribution in [-0.2, 0) is 5.54 Å². The molecule has 2 atom stereocenters. The number of aliphatic hydroxyl groups is 1. The van der Waals surface area contributed by atoms with Crippen molar-refractivity contribution in [1.29, 1.82) is 0 Å². The quantitative estimate of drug-likeness (QED) is 0.671. The fraction of sp³-hybridized carbons (Fsp3) is 0.211. The largest absolute Gasteiger partial charge is 0.394 e. The number of halogens is 1. The molecule has 0 fully saturated rings. The standard InChI is InChI=1S/C19H19BrN2O2/c1-19(15-11-21-24-13-15,16-9-5-6-10-17(16)20)22-18(12-23)14-7-3-2-4-8-14/h2-11,13,18,22-23H,12H2,1H3. The van der Waals surface area contributed by atoms with E-state index in [1.165, 1.54) is 0 Å². The number of nitrogens with zero attached hydrogens (tertiary/aromatic N) is 1. The number of hydrogen-bond acceptors (Lipinski definition) is 4. The maximum absolute atomic E-state index is 9.94. The summed E-state index contributed by atoms with van der Waals surface area (Å²) in [5, 5.41) is 17.4. The van der Waals surface area contributed by atoms with E-state index in [0.29, 0.717) is 0 Å². The van der Waals surface area contributed by atoms with Gasteiger partial charge in [0, 0.05) is 10.0 Å². The summed E-state index contributed by atoms with van der Waals surface area (Å²) < 4.78 is 6.05. The minimum atomic E-state index is -0.580. The summed E-state index contributed by atoms with van der Waals surface area (Å²) in [4.78, 5) is 0. The summed E-state index contributed by atoms with van der Waals surface area (Å²) in [5.41, 5.74) is 2.38. The van der Waals surface area contributed by atoms with Crippen molar-refractivity contribution in [2.45, 2.75) is 18.5 Å². The van der Waals surface area contributed by atoms with Crippen LogP contribution >= 0.6 is 15.9 Å². The summed E-state index contributed by atoms with van der Waals surface area (Å²) in [6.45, 7) is 2.04. The highest BCUT2D eigenvalue weighted by atomic mass is 79.9. The van der Waals surface area contributed by atoms with Crippen molar-refractivity contribution in [3.05, 3.63) is 88.2 Å². The molecular weight excluding hydrogens is 368 g/mol. The van der Waals surface area contributed by atoms with Gasteiger partial charge in [0.2, 0.25) is 0 Å². The van der Waals surface area contributed by atoms with Gasteiger partial charge >= 0.3 is 0 Å². The first kappa shape index (κ1) is 16.9. The third kappa shape index (κ3) is 3.29. The highest BCUT2D eigenvalue weighted by Gasteiger charge is 2.34. The fourth-order valence-electron chi connectivity index (χ4n) is 2.90. The van der Waals surface area contributed by atoms with E-state index in [0.717, 1.165) is 21.2 Å². The first-order valence-electron chi connectivity index (χ1n) is 7.73. The lowest BCUT2D eigenvalue weighted by molar-refractivity contribution is 0.217. The minimum Gasteiger partial charge on any atom is -0.394 e. The van der Waals surface area contributed by atoms with Crippen molar-refractivity contribution >= 4 is 15.9 Å². The Morgan fingerprint density at radius 2 is 1.88 bits per heavy atom. The predicted molar refractivity (Wildman–Crippen MR) is 96.5 cm³/mol. The Kier molecular flexibility index (Phi) is 5.14. The maximum Gasteiger partial charge on any atom is 0.129 e. The van der Waals surface area contributed by atoms with Gasteiger partial charge in [-0.25, -0.2) is 0 Å². The monoisotopic (exact) mass is 386 g/mol. The van der Waals surface area contributed by atoms with Crippen LogP contribution in [0.3, 0.4) is 0 Å². The lowest BCUT2D eigenvalue weighted by Crippen LogP contribution is -2.44. The molecule has 1 heterocycles. The van der Waals surface area contributed by atoms with Crippen LogP contribution in [0.1, 0.15) is 29.7 Å². The van der Waals surface area contributed by atoms with E-state index in [9.17, 15) is 5.11 Å². The van der Waals surface area contributed by atoms with Crippen LogP contribution in [0.5, 0.6) is 0 Å². The molecule has 0 aliphatic carbocycles. The van der Waals surface area contributed by atoms with Crippen LogP contribution in [-0.4, -0.2) is 16.9 Å². The number of aromatic nitrogens is 1. The third-order valence-electron chi connectivity index (χ3n) is 4.27. The number of benzene rings is 2. The van der Waals surface area contributed by atoms with E-state index in [4.69, 9.17) is 4.52 Å². The van der Waals surface area contributed by atoms with Crippen molar-refractivity contribution in [3.63, 3.8) is 0 Å². The average Bonchev–Trinajstić information content (AvgIpc) is 3.16. The molecule has 0 saturated heterocycles. The van der Waals surface area contributed by atoms with Crippen LogP contribution in [0.25, 0.3) is 0 Å². The van der Waals surface area contributed by atoms with Crippen LogP contribution in [0.4, 0.5) is 0 Å². The van der Waals surface area contributed by atoms with E-state index in [2.05, 4.69) is 33.3 Å². The molecule has 0 radical (unpaired) electrons. The second-order valence-corrected chi connectivity index (χ2v) is 6.66. The Hall–Kier alpha value is -1.95. The van der Waals surface area contributed by atoms with Gasteiger partial charge in [-0.2, -0.15) is 0 Å². The van der Waals surface area contributed by atoms with E-state index in [1.54, 1.807) is 12.5 Å². The topological polar surface area (TPSA) is 58.3 Å². The molecular formula is C19H19BrN2O2. The number of aliphatic hydroxyl groups excluding tert-OH is 1. The van der Waals surface area contributed by atoms with Gasteiger partial charge in [-0.05, 0) is 24.1 Å². The van der Waals surface area contributed by atoms with Crippen molar-refractivity contribution in [1.82, 2.24) is 10.5 Å². The van der Waals surface area contributed by atoms with Crippen LogP contribution in [0.2, 0.25) is 0 Å². The third-order valence-corrected chi connectivity index (χ3v) is 4.96. The van der Waals surface area contributed by atoms with Crippen molar-refractivity contribution in [2.24, 2.45) is 0 Å². The Morgan fingerprint density at radius 1 is 1.17 bits per heavy atom. The SMILES string of the molecule is CC(NC(CO)c1ccccc1)(c1cnoc1)c1ccccc1Br. The van der Waals surface area contributed by atoms with Crippen LogP contribution in [0, 0.1) is 0 Å². The van der Waals surface area contributed by atoms with Crippen molar-refractivity contribution in [3.8, 4) is 0 Å². The van der Waals surface area contributed by atoms with Gasteiger partial charge in [-0.3, -0.25) is 5.32 Å². The minimum absolute atomic E-state index is 0.0185. The molecule has 124 valence electrons. The highest BCUT2D eigenvalue weighted by Crippen LogP contribution is 2.36. The Bertz CT molecular complexity index is 777. The molecule has 0 bridgehead atoms. The van der Waals surface area contributed by atoms with Gasteiger partial charge in [0.15, 0.2) is 0 Å². The molecule has 3 rings (SSSR count). The van der Waals surface area contributed by atoms with Gasteiger partial charge in [0.05, 0.1) is 24.4 Å². The van der Waals surface area contributed by atoms with E-state index in [-0.39, 0.29) is 12.6 Å². The van der Waals surface area contributed by atoms with Crippen LogP contribution < -0.4 is 5.32 Å². The molecule has 0 spiro atoms. The first-order valence-corrected chi connectivity index (χ1v) is 8.53. The molecule has 2 aromatic carbocycles. The zero-order valence-electron chi connectivity index (χ0n) is 13.3. The van der Waals surface area contributed by atoms with Gasteiger partial charge in [0.25, 0.3) is 0 Å². The Labute approximate surface area is 149 Å². The Balaban J connectivity index is 2.05. The fourth-order valence-corrected chi connectivity index (χ4v) is 3.58. The maximum atomic E-state index is 9.94. The zero-order chi connectivity index (χ0) is 17.0. The second-order valence-electron chi connectivity index (χ2n) is 5.81. The molecule has 0 saturated carbocycles. The van der Waals surface area contributed by atoms with Gasteiger partial charge in [0.1, 0.15) is 6.26 Å². The molecule has 0 amide bonds. The number of rotatable bonds is 6. The molecule has 24 heavy (non-hydrogen) atoms. The van der Waals surface area contributed by atoms with E-state index < -0.39 is 5.54 Å². The first-order chi connectivity index (χ1) is 11.6. The molecule has 2 N–H and O–H groups in total. The summed E-state index contributed by atoms with van der Waals surface area (Å²) in [6, 6.07) is 17.7. The van der Waals surface area contributed by atoms with Gasteiger partial charge in [-0.1, -0.05) is 69.6 Å². The predicted octanol–water partition coefficient (Wildman–Crippen LogP) is 4.02. The van der Waals surface area contributed by atoms with Crippen molar-refractivity contribution in [2.75, 3.05) is 6.61 Å². The number of nitrogens with one attached hydrogen (secondary N) is 1. The summed E-state index contributed by atoms with van der Waals surface area (Å²) in [7, 11) is 0. The van der Waals surface area contributed by atoms with Gasteiger partial charge < -0.3 is 9.63 Å². The lowest BCUT2D eigenvalue weighted by Gasteiger charge is -2.35. The zero-order valence-corrected chi connectivity index (χ0v) is 14.9. The molecule has 0 aliphatic heterocycles. The second kappa shape index (κ2) is 7.30. The van der Waals surface area contributed by atoms with Crippen LogP contribution in [0.15, 0.2) is 76.1 Å². The smallest absolute Gasteiger partial charge is 0.129 e. The normalized spacial score (nSPS) is 15.0. The molecule has 2 unspecified atom stereocenters. The summed E-state index contributed by atoms with van der Waals surface area (Å²) in [5.74, 6) is 0. The number of hydrogen-bond donors (Lipinski definition) is 2. The molecule has 5 heteroatoms. The Morgan fingerprint density at radius 3 is 2.50 bits per heavy atom. The van der Waals surface area contributed by atoms with E-state index in [1.807, 2.05) is 54.6 Å². The van der Waals surface area contributed by atoms with Crippen molar-refractivity contribution < 1.29 is 9.63 Å². The summed E-state index contributed by atoms with van der Waals surface area (Å²) >= 11 is 3.63. The molecule has 3 aromatic rings. The van der Waals surface area contributed by atoms with Gasteiger partial charge in [-0.15, -0.1) is 0 Å². The summed E-state index contributed by atoms with van der Waals surface area (Å²) in [6.07, 6.45) is 3.33.